The van der Waals surface area contributed by atoms with E-state index in [2.05, 4.69) is 20.2 Å². The van der Waals surface area contributed by atoms with E-state index in [-0.39, 0.29) is 11.8 Å². The van der Waals surface area contributed by atoms with Gasteiger partial charge in [-0.25, -0.2) is 0 Å². The van der Waals surface area contributed by atoms with E-state index in [1.807, 2.05) is 31.0 Å². The van der Waals surface area contributed by atoms with Gasteiger partial charge in [-0.3, -0.25) is 14.5 Å². The number of aromatic nitrogens is 5. The van der Waals surface area contributed by atoms with Crippen LogP contribution in [0.25, 0.3) is 11.4 Å². The molecule has 1 amide bonds. The van der Waals surface area contributed by atoms with Gasteiger partial charge in [-0.05, 0) is 31.9 Å². The second-order valence-corrected chi connectivity index (χ2v) is 6.56. The highest BCUT2D eigenvalue weighted by molar-refractivity contribution is 5.95. The Hall–Kier alpha value is -3.03. The van der Waals surface area contributed by atoms with Crippen molar-refractivity contribution in [3.63, 3.8) is 0 Å². The van der Waals surface area contributed by atoms with Crippen molar-refractivity contribution in [1.29, 1.82) is 0 Å². The summed E-state index contributed by atoms with van der Waals surface area (Å²) in [7, 11) is 1.84. The van der Waals surface area contributed by atoms with Crippen LogP contribution in [0.4, 0.5) is 0 Å². The van der Waals surface area contributed by atoms with Crippen molar-refractivity contribution in [1.82, 2.24) is 29.8 Å². The Morgan fingerprint density at radius 2 is 2.23 bits per heavy atom. The molecule has 0 aromatic carbocycles. The first-order valence-corrected chi connectivity index (χ1v) is 8.65. The molecule has 4 rings (SSSR count). The van der Waals surface area contributed by atoms with Crippen LogP contribution in [0.3, 0.4) is 0 Å². The lowest BCUT2D eigenvalue weighted by atomic mass is 9.97. The highest BCUT2D eigenvalue weighted by Gasteiger charge is 2.30. The van der Waals surface area contributed by atoms with Crippen molar-refractivity contribution in [2.75, 3.05) is 13.1 Å². The molecule has 8 nitrogen and oxygen atoms in total. The summed E-state index contributed by atoms with van der Waals surface area (Å²) in [5, 5.41) is 8.23. The molecule has 4 heterocycles. The monoisotopic (exact) mass is 352 g/mol. The summed E-state index contributed by atoms with van der Waals surface area (Å²) in [4.78, 5) is 23.3. The van der Waals surface area contributed by atoms with E-state index >= 15 is 0 Å². The van der Waals surface area contributed by atoms with Crippen molar-refractivity contribution >= 4 is 5.91 Å². The topological polar surface area (TPSA) is 89.9 Å². The number of likely N-dealkylation sites (tertiary alicyclic amines) is 1. The van der Waals surface area contributed by atoms with E-state index < -0.39 is 0 Å². The average Bonchev–Trinajstić information content (AvgIpc) is 3.30. The fourth-order valence-corrected chi connectivity index (χ4v) is 3.26. The molecule has 1 saturated heterocycles. The van der Waals surface area contributed by atoms with E-state index in [4.69, 9.17) is 4.52 Å². The Labute approximate surface area is 150 Å². The van der Waals surface area contributed by atoms with Gasteiger partial charge in [-0.2, -0.15) is 10.1 Å². The molecule has 3 aromatic heterocycles. The fourth-order valence-electron chi connectivity index (χ4n) is 3.26. The molecule has 3 aromatic rings. The summed E-state index contributed by atoms with van der Waals surface area (Å²) in [6.07, 6.45) is 6.87. The van der Waals surface area contributed by atoms with Crippen molar-refractivity contribution in [2.24, 2.45) is 7.05 Å². The molecule has 26 heavy (non-hydrogen) atoms. The lowest BCUT2D eigenvalue weighted by molar-refractivity contribution is 0.0695. The molecule has 1 atom stereocenters. The van der Waals surface area contributed by atoms with Crippen LogP contribution in [0.2, 0.25) is 0 Å². The van der Waals surface area contributed by atoms with E-state index in [0.717, 1.165) is 30.6 Å². The zero-order valence-corrected chi connectivity index (χ0v) is 14.8. The SMILES string of the molecule is Cc1c(C(=O)N2CCC[C@H](c3nc(-c4cccnc4)no3)C2)cnn1C. The van der Waals surface area contributed by atoms with Crippen LogP contribution < -0.4 is 0 Å². The third kappa shape index (κ3) is 2.98. The van der Waals surface area contributed by atoms with Gasteiger partial charge in [0.2, 0.25) is 11.7 Å². The van der Waals surface area contributed by atoms with Gasteiger partial charge in [-0.15, -0.1) is 0 Å². The van der Waals surface area contributed by atoms with E-state index in [9.17, 15) is 4.79 Å². The highest BCUT2D eigenvalue weighted by atomic mass is 16.5. The number of hydrogen-bond donors (Lipinski definition) is 0. The Bertz CT molecular complexity index is 917. The van der Waals surface area contributed by atoms with Crippen LogP contribution in [-0.4, -0.2) is 48.8 Å². The number of nitrogens with zero attached hydrogens (tertiary/aromatic N) is 6. The third-order valence-electron chi connectivity index (χ3n) is 4.88. The van der Waals surface area contributed by atoms with E-state index in [1.165, 1.54) is 0 Å². The molecule has 0 saturated carbocycles. The summed E-state index contributed by atoms with van der Waals surface area (Å²) >= 11 is 0. The van der Waals surface area contributed by atoms with Crippen LogP contribution in [0.15, 0.2) is 35.2 Å². The number of carbonyl (C=O) groups excluding carboxylic acids is 1. The van der Waals surface area contributed by atoms with Gasteiger partial charge in [0.1, 0.15) is 0 Å². The molecule has 0 N–H and O–H groups in total. The Balaban J connectivity index is 1.51. The first-order chi connectivity index (χ1) is 12.6. The number of aryl methyl sites for hydroxylation is 1. The highest BCUT2D eigenvalue weighted by Crippen LogP contribution is 2.28. The number of carbonyl (C=O) groups is 1. The van der Waals surface area contributed by atoms with Crippen LogP contribution in [0.1, 0.15) is 40.7 Å². The van der Waals surface area contributed by atoms with Gasteiger partial charge in [0.05, 0.1) is 17.7 Å². The lowest BCUT2D eigenvalue weighted by Crippen LogP contribution is -2.39. The van der Waals surface area contributed by atoms with Gasteiger partial charge in [0.25, 0.3) is 5.91 Å². The number of hydrogen-bond acceptors (Lipinski definition) is 6. The zero-order chi connectivity index (χ0) is 18.1. The van der Waals surface area contributed by atoms with Crippen molar-refractivity contribution in [3.05, 3.63) is 47.9 Å². The van der Waals surface area contributed by atoms with E-state index in [0.29, 0.717) is 23.8 Å². The number of pyridine rings is 1. The predicted molar refractivity (Wildman–Crippen MR) is 93.4 cm³/mol. The van der Waals surface area contributed by atoms with Gasteiger partial charge < -0.3 is 9.42 Å². The van der Waals surface area contributed by atoms with Crippen LogP contribution in [0, 0.1) is 6.92 Å². The van der Waals surface area contributed by atoms with Gasteiger partial charge in [-0.1, -0.05) is 5.16 Å². The second kappa shape index (κ2) is 6.70. The third-order valence-corrected chi connectivity index (χ3v) is 4.88. The van der Waals surface area contributed by atoms with E-state index in [1.54, 1.807) is 23.3 Å². The minimum absolute atomic E-state index is 0.00676. The minimum Gasteiger partial charge on any atom is -0.339 e. The van der Waals surface area contributed by atoms with Crippen molar-refractivity contribution in [2.45, 2.75) is 25.7 Å². The molecule has 0 bridgehead atoms. The summed E-state index contributed by atoms with van der Waals surface area (Å²) in [6.45, 7) is 3.20. The number of rotatable bonds is 3. The lowest BCUT2D eigenvalue weighted by Gasteiger charge is -2.30. The average molecular weight is 352 g/mol. The van der Waals surface area contributed by atoms with Gasteiger partial charge in [0, 0.05) is 43.8 Å². The number of amides is 1. The molecule has 134 valence electrons. The summed E-state index contributed by atoms with van der Waals surface area (Å²) in [5.74, 6) is 1.15. The fraction of sp³-hybridized carbons (Fsp3) is 0.389. The maximum Gasteiger partial charge on any atom is 0.257 e. The maximum absolute atomic E-state index is 12.8. The van der Waals surface area contributed by atoms with Gasteiger partial charge >= 0.3 is 0 Å². The maximum atomic E-state index is 12.8. The molecular weight excluding hydrogens is 332 g/mol. The normalized spacial score (nSPS) is 17.5. The standard InChI is InChI=1S/C18H20N6O2/c1-12-15(10-20-23(12)2)18(25)24-8-4-6-14(11-24)17-21-16(22-26-17)13-5-3-7-19-9-13/h3,5,7,9-10,14H,4,6,8,11H2,1-2H3/t14-/m0/s1. The van der Waals surface area contributed by atoms with Gasteiger partial charge in [0.15, 0.2) is 0 Å². The Morgan fingerprint density at radius 1 is 1.35 bits per heavy atom. The molecule has 1 fully saturated rings. The quantitative estimate of drug-likeness (QED) is 0.718. The molecule has 0 radical (unpaired) electrons. The minimum atomic E-state index is 0.00676. The van der Waals surface area contributed by atoms with Crippen molar-refractivity contribution in [3.8, 4) is 11.4 Å². The molecule has 0 unspecified atom stereocenters. The molecule has 1 aliphatic heterocycles. The molecule has 0 aliphatic carbocycles. The molecular formula is C18H20N6O2. The Morgan fingerprint density at radius 3 is 2.96 bits per heavy atom. The first-order valence-electron chi connectivity index (χ1n) is 8.65. The second-order valence-electron chi connectivity index (χ2n) is 6.56. The predicted octanol–water partition coefficient (Wildman–Crippen LogP) is 2.19. The summed E-state index contributed by atoms with van der Waals surface area (Å²) in [5.41, 5.74) is 2.33. The van der Waals surface area contributed by atoms with Crippen molar-refractivity contribution < 1.29 is 9.32 Å². The zero-order valence-electron chi connectivity index (χ0n) is 14.8. The van der Waals surface area contributed by atoms with Crippen LogP contribution in [0.5, 0.6) is 0 Å². The number of piperidine rings is 1. The first kappa shape index (κ1) is 16.4. The van der Waals surface area contributed by atoms with Crippen LogP contribution in [-0.2, 0) is 7.05 Å². The molecule has 8 heteroatoms. The van der Waals surface area contributed by atoms with Crippen LogP contribution >= 0.6 is 0 Å². The largest absolute Gasteiger partial charge is 0.339 e. The Kier molecular flexibility index (Phi) is 4.24. The molecule has 0 spiro atoms. The molecule has 1 aliphatic rings. The summed E-state index contributed by atoms with van der Waals surface area (Å²) in [6, 6.07) is 3.73. The summed E-state index contributed by atoms with van der Waals surface area (Å²) < 4.78 is 7.19. The smallest absolute Gasteiger partial charge is 0.257 e.